The zero-order valence-electron chi connectivity index (χ0n) is 16.2. The molecule has 2 aromatic heterocycles. The Morgan fingerprint density at radius 1 is 1.30 bits per heavy atom. The molecule has 0 saturated carbocycles. The molecule has 0 aromatic carbocycles. The lowest BCUT2D eigenvalue weighted by Gasteiger charge is -2.16. The first kappa shape index (κ1) is 22.0. The normalized spacial score (nSPS) is 14.0. The molecule has 0 spiro atoms. The van der Waals surface area contributed by atoms with E-state index in [9.17, 15) is 13.2 Å². The summed E-state index contributed by atoms with van der Waals surface area (Å²) >= 11 is 5.98. The highest BCUT2D eigenvalue weighted by molar-refractivity contribution is 6.76. The van der Waals surface area contributed by atoms with Crippen LogP contribution >= 0.6 is 11.6 Å². The highest BCUT2D eigenvalue weighted by atomic mass is 35.5. The molecule has 152 valence electrons. The monoisotopic (exact) mass is 422 g/mol. The molecule has 5 nitrogen and oxygen atoms in total. The minimum absolute atomic E-state index is 0.0207. The number of anilines is 1. The molecule has 2 aromatic rings. The van der Waals surface area contributed by atoms with E-state index in [1.54, 1.807) is 0 Å². The average Bonchev–Trinajstić information content (AvgIpc) is 2.89. The van der Waals surface area contributed by atoms with Gasteiger partial charge in [0.1, 0.15) is 18.2 Å². The molecule has 2 heterocycles. The summed E-state index contributed by atoms with van der Waals surface area (Å²) in [6.45, 7) is 10.9. The van der Waals surface area contributed by atoms with Crippen LogP contribution in [0.1, 0.15) is 25.8 Å². The Kier molecular flexibility index (Phi) is 6.80. The fraction of sp³-hybridized carbons (Fsp3) is 0.647. The summed E-state index contributed by atoms with van der Waals surface area (Å²) < 4.78 is 47.8. The van der Waals surface area contributed by atoms with Crippen molar-refractivity contribution >= 4 is 36.5 Å². The highest BCUT2D eigenvalue weighted by Gasteiger charge is 2.37. The smallest absolute Gasteiger partial charge is 0.367 e. The van der Waals surface area contributed by atoms with Gasteiger partial charge in [-0.25, -0.2) is 4.98 Å². The lowest BCUT2D eigenvalue weighted by molar-refractivity contribution is -0.136. The fourth-order valence-corrected chi connectivity index (χ4v) is 3.38. The molecular weight excluding hydrogens is 397 g/mol. The van der Waals surface area contributed by atoms with Crippen LogP contribution in [0.15, 0.2) is 6.20 Å². The number of fused-ring (bicyclic) bond motifs is 1. The van der Waals surface area contributed by atoms with E-state index < -0.39 is 19.8 Å². The van der Waals surface area contributed by atoms with Gasteiger partial charge < -0.3 is 14.6 Å². The van der Waals surface area contributed by atoms with Crippen molar-refractivity contribution in [2.45, 2.75) is 64.9 Å². The van der Waals surface area contributed by atoms with Crippen LogP contribution in [0, 0.1) is 0 Å². The first-order chi connectivity index (χ1) is 12.4. The number of nitrogens with zero attached hydrogens (tertiary/aromatic N) is 3. The molecule has 10 heteroatoms. The van der Waals surface area contributed by atoms with E-state index in [0.29, 0.717) is 6.61 Å². The molecule has 0 aliphatic heterocycles. The number of rotatable bonds is 8. The maximum atomic E-state index is 13.6. The molecular formula is C17H26ClF3N4OSi. The molecule has 0 aliphatic rings. The molecule has 0 amide bonds. The first-order valence-electron chi connectivity index (χ1n) is 8.90. The van der Waals surface area contributed by atoms with Gasteiger partial charge in [0, 0.05) is 26.9 Å². The molecule has 0 radical (unpaired) electrons. The summed E-state index contributed by atoms with van der Waals surface area (Å²) in [4.78, 5) is 8.04. The van der Waals surface area contributed by atoms with E-state index in [-0.39, 0.29) is 34.9 Å². The third kappa shape index (κ3) is 5.82. The van der Waals surface area contributed by atoms with E-state index in [1.807, 2.05) is 13.8 Å². The van der Waals surface area contributed by atoms with Gasteiger partial charge >= 0.3 is 6.18 Å². The fourth-order valence-electron chi connectivity index (χ4n) is 2.45. The van der Waals surface area contributed by atoms with Gasteiger partial charge in [-0.15, -0.1) is 0 Å². The Morgan fingerprint density at radius 2 is 1.96 bits per heavy atom. The van der Waals surface area contributed by atoms with Crippen molar-refractivity contribution in [3.63, 3.8) is 0 Å². The van der Waals surface area contributed by atoms with Crippen molar-refractivity contribution in [1.82, 2.24) is 14.5 Å². The van der Waals surface area contributed by atoms with Crippen LogP contribution in [-0.4, -0.2) is 35.3 Å². The van der Waals surface area contributed by atoms with Gasteiger partial charge in [0.15, 0.2) is 0 Å². The third-order valence-corrected chi connectivity index (χ3v) is 6.09. The number of hydrogen-bond acceptors (Lipinski definition) is 4. The van der Waals surface area contributed by atoms with Crippen molar-refractivity contribution in [2.24, 2.45) is 0 Å². The Bertz CT molecular complexity index is 789. The van der Waals surface area contributed by atoms with Gasteiger partial charge in [-0.2, -0.15) is 18.2 Å². The van der Waals surface area contributed by atoms with Crippen LogP contribution in [-0.2, 0) is 17.6 Å². The second kappa shape index (κ2) is 8.36. The van der Waals surface area contributed by atoms with E-state index in [0.717, 1.165) is 18.7 Å². The Balaban J connectivity index is 2.43. The van der Waals surface area contributed by atoms with E-state index in [1.165, 1.54) is 4.57 Å². The maximum Gasteiger partial charge on any atom is 0.418 e. The molecule has 0 bridgehead atoms. The topological polar surface area (TPSA) is 52.0 Å². The van der Waals surface area contributed by atoms with Gasteiger partial charge in [0.25, 0.3) is 0 Å². The van der Waals surface area contributed by atoms with Crippen LogP contribution in [0.2, 0.25) is 31.0 Å². The minimum Gasteiger partial charge on any atom is -0.367 e. The number of nitrogens with one attached hydrogen (secondary N) is 1. The van der Waals surface area contributed by atoms with Crippen molar-refractivity contribution in [3.05, 3.63) is 17.0 Å². The zero-order chi connectivity index (χ0) is 20.4. The van der Waals surface area contributed by atoms with Gasteiger partial charge in [-0.3, -0.25) is 0 Å². The standard InChI is InChI=1S/C17H26ClF3N4OSi/c1-6-11(2)22-14-13-12(17(19,20)21)9-25(15(13)24-16(18)23-14)10-26-7-8-27(3,4)5/h9,11H,6-8,10H2,1-5H3,(H,22,23,24)/t11-/m1/s1. The minimum atomic E-state index is -4.54. The maximum absolute atomic E-state index is 13.6. The number of halogens is 4. The molecule has 0 fully saturated rings. The molecule has 1 N–H and O–H groups in total. The highest BCUT2D eigenvalue weighted by Crippen LogP contribution is 2.39. The van der Waals surface area contributed by atoms with Crippen molar-refractivity contribution in [1.29, 1.82) is 0 Å². The second-order valence-corrected chi connectivity index (χ2v) is 13.8. The van der Waals surface area contributed by atoms with Gasteiger partial charge in [-0.1, -0.05) is 26.6 Å². The zero-order valence-corrected chi connectivity index (χ0v) is 18.0. The molecule has 0 saturated heterocycles. The van der Waals surface area contributed by atoms with Crippen LogP contribution in [0.25, 0.3) is 11.0 Å². The molecule has 0 aliphatic carbocycles. The number of aromatic nitrogens is 3. The summed E-state index contributed by atoms with van der Waals surface area (Å²) in [6, 6.07) is 0.867. The van der Waals surface area contributed by atoms with Crippen molar-refractivity contribution < 1.29 is 17.9 Å². The SMILES string of the molecule is CC[C@@H](C)Nc1nc(Cl)nc2c1c(C(F)(F)F)cn2COCC[Si](C)(C)C. The van der Waals surface area contributed by atoms with Crippen LogP contribution in [0.3, 0.4) is 0 Å². The van der Waals surface area contributed by atoms with Gasteiger partial charge in [0.2, 0.25) is 5.28 Å². The number of ether oxygens (including phenoxy) is 1. The third-order valence-electron chi connectivity index (χ3n) is 4.22. The predicted molar refractivity (Wildman–Crippen MR) is 105 cm³/mol. The van der Waals surface area contributed by atoms with Gasteiger partial charge in [0.05, 0.1) is 10.9 Å². The number of alkyl halides is 3. The molecule has 27 heavy (non-hydrogen) atoms. The summed E-state index contributed by atoms with van der Waals surface area (Å²) in [5.74, 6) is 0.0903. The largest absolute Gasteiger partial charge is 0.418 e. The van der Waals surface area contributed by atoms with Crippen LogP contribution in [0.5, 0.6) is 0 Å². The lowest BCUT2D eigenvalue weighted by atomic mass is 10.2. The summed E-state index contributed by atoms with van der Waals surface area (Å²) in [5, 5.41) is 2.81. The van der Waals surface area contributed by atoms with Crippen LogP contribution in [0.4, 0.5) is 19.0 Å². The summed E-state index contributed by atoms with van der Waals surface area (Å²) in [5.41, 5.74) is -0.685. The first-order valence-corrected chi connectivity index (χ1v) is 13.0. The second-order valence-electron chi connectivity index (χ2n) is 7.85. The lowest BCUT2D eigenvalue weighted by Crippen LogP contribution is -2.22. The Labute approximate surface area is 163 Å². The van der Waals surface area contributed by atoms with Crippen LogP contribution < -0.4 is 5.32 Å². The van der Waals surface area contributed by atoms with E-state index >= 15 is 0 Å². The molecule has 1 atom stereocenters. The van der Waals surface area contributed by atoms with Crippen molar-refractivity contribution in [2.75, 3.05) is 11.9 Å². The summed E-state index contributed by atoms with van der Waals surface area (Å²) in [6.07, 6.45) is -2.79. The quantitative estimate of drug-likeness (QED) is 0.340. The summed E-state index contributed by atoms with van der Waals surface area (Å²) in [7, 11) is -1.29. The Morgan fingerprint density at radius 3 is 2.52 bits per heavy atom. The number of hydrogen-bond donors (Lipinski definition) is 1. The molecule has 0 unspecified atom stereocenters. The van der Waals surface area contributed by atoms with E-state index in [4.69, 9.17) is 16.3 Å². The average molecular weight is 423 g/mol. The predicted octanol–water partition coefficient (Wildman–Crippen LogP) is 5.63. The molecule has 2 rings (SSSR count). The van der Waals surface area contributed by atoms with Gasteiger partial charge in [-0.05, 0) is 31.0 Å². The van der Waals surface area contributed by atoms with Crippen molar-refractivity contribution in [3.8, 4) is 0 Å². The van der Waals surface area contributed by atoms with E-state index in [2.05, 4.69) is 34.9 Å². The Hall–Kier alpha value is -1.32.